The number of aliphatic hydroxyl groups excluding tert-OH is 4. The van der Waals surface area contributed by atoms with Gasteiger partial charge in [-0.1, -0.05) is 12.1 Å². The van der Waals surface area contributed by atoms with Crippen molar-refractivity contribution in [2.45, 2.75) is 43.5 Å². The first-order valence-corrected chi connectivity index (χ1v) is 9.55. The number of phenols is 3. The van der Waals surface area contributed by atoms with Crippen molar-refractivity contribution in [1.29, 1.82) is 0 Å². The Morgan fingerprint density at radius 2 is 1.61 bits per heavy atom. The predicted octanol–water partition coefficient (Wildman–Crippen LogP) is -0.202. The van der Waals surface area contributed by atoms with Crippen molar-refractivity contribution >= 4 is 5.78 Å². The fraction of sp³-hybridized carbons (Fsp3) is 0.381. The van der Waals surface area contributed by atoms with Gasteiger partial charge in [0.25, 0.3) is 0 Å². The minimum atomic E-state index is -1.73. The molecular weight excluding hydrogens is 412 g/mol. The second-order valence-corrected chi connectivity index (χ2v) is 7.24. The Kier molecular flexibility index (Phi) is 6.98. The molecule has 10 heteroatoms. The summed E-state index contributed by atoms with van der Waals surface area (Å²) >= 11 is 0. The van der Waals surface area contributed by atoms with Gasteiger partial charge in [0.05, 0.1) is 6.61 Å². The van der Waals surface area contributed by atoms with Crippen molar-refractivity contribution in [3.8, 4) is 23.0 Å². The van der Waals surface area contributed by atoms with Gasteiger partial charge >= 0.3 is 0 Å². The second kappa shape index (κ2) is 9.50. The van der Waals surface area contributed by atoms with Crippen molar-refractivity contribution in [2.24, 2.45) is 0 Å². The van der Waals surface area contributed by atoms with E-state index in [0.29, 0.717) is 6.42 Å². The van der Waals surface area contributed by atoms with Crippen LogP contribution in [-0.2, 0) is 11.2 Å². The molecule has 3 rings (SSSR count). The van der Waals surface area contributed by atoms with E-state index in [-0.39, 0.29) is 23.5 Å². The van der Waals surface area contributed by atoms with E-state index in [2.05, 4.69) is 0 Å². The van der Waals surface area contributed by atoms with Crippen LogP contribution in [-0.4, -0.2) is 78.8 Å². The zero-order chi connectivity index (χ0) is 22.7. The largest absolute Gasteiger partial charge is 0.508 e. The van der Waals surface area contributed by atoms with Crippen molar-refractivity contribution in [1.82, 2.24) is 0 Å². The summed E-state index contributed by atoms with van der Waals surface area (Å²) in [6, 6.07) is 8.23. The highest BCUT2D eigenvalue weighted by Crippen LogP contribution is 2.36. The molecular formula is C21H24O10. The molecule has 2 aromatic carbocycles. The van der Waals surface area contributed by atoms with Crippen LogP contribution in [0.1, 0.15) is 22.3 Å². The van der Waals surface area contributed by atoms with Gasteiger partial charge < -0.3 is 45.2 Å². The van der Waals surface area contributed by atoms with Crippen LogP contribution in [0.3, 0.4) is 0 Å². The van der Waals surface area contributed by atoms with E-state index >= 15 is 0 Å². The van der Waals surface area contributed by atoms with Gasteiger partial charge in [0, 0.05) is 18.6 Å². The molecule has 0 radical (unpaired) electrons. The summed E-state index contributed by atoms with van der Waals surface area (Å²) in [4.78, 5) is 12.8. The maximum atomic E-state index is 12.8. The van der Waals surface area contributed by atoms with E-state index in [0.717, 1.165) is 17.7 Å². The lowest BCUT2D eigenvalue weighted by Gasteiger charge is -2.39. The summed E-state index contributed by atoms with van der Waals surface area (Å²) in [7, 11) is 0. The molecule has 0 unspecified atom stereocenters. The number of carbonyl (C=O) groups is 1. The number of ether oxygens (including phenoxy) is 2. The first-order chi connectivity index (χ1) is 14.7. The van der Waals surface area contributed by atoms with Gasteiger partial charge in [-0.3, -0.25) is 4.79 Å². The Bertz CT molecular complexity index is 911. The molecule has 0 saturated carbocycles. The van der Waals surface area contributed by atoms with Gasteiger partial charge in [0.1, 0.15) is 53.0 Å². The van der Waals surface area contributed by atoms with Crippen LogP contribution in [0.25, 0.3) is 0 Å². The Morgan fingerprint density at radius 1 is 0.935 bits per heavy atom. The number of aromatic hydroxyl groups is 3. The number of carbonyl (C=O) groups excluding carboxylic acids is 1. The van der Waals surface area contributed by atoms with Gasteiger partial charge in [0.2, 0.25) is 6.29 Å². The quantitative estimate of drug-likeness (QED) is 0.288. The van der Waals surface area contributed by atoms with Crippen molar-refractivity contribution in [3.05, 3.63) is 47.5 Å². The molecule has 1 aliphatic rings. The lowest BCUT2D eigenvalue weighted by Crippen LogP contribution is -2.60. The maximum absolute atomic E-state index is 12.8. The molecule has 168 valence electrons. The lowest BCUT2D eigenvalue weighted by molar-refractivity contribution is -0.277. The first kappa shape index (κ1) is 22.8. The van der Waals surface area contributed by atoms with E-state index in [1.54, 1.807) is 12.1 Å². The number of hydrogen-bond donors (Lipinski definition) is 7. The molecule has 1 heterocycles. The minimum absolute atomic E-state index is 0.0475. The number of phenolic OH excluding ortho intramolecular Hbond substituents is 3. The molecule has 0 amide bonds. The van der Waals surface area contributed by atoms with Crippen LogP contribution in [0.15, 0.2) is 36.4 Å². The molecule has 1 saturated heterocycles. The molecule has 7 N–H and O–H groups in total. The number of rotatable bonds is 7. The van der Waals surface area contributed by atoms with Gasteiger partial charge in [-0.15, -0.1) is 0 Å². The lowest BCUT2D eigenvalue weighted by atomic mass is 9.99. The molecule has 0 bridgehead atoms. The number of ketones is 1. The average molecular weight is 436 g/mol. The van der Waals surface area contributed by atoms with Crippen LogP contribution in [0.4, 0.5) is 0 Å². The Hall–Kier alpha value is -2.89. The monoisotopic (exact) mass is 436 g/mol. The molecule has 0 spiro atoms. The maximum Gasteiger partial charge on any atom is 0.229 e. The standard InChI is InChI=1S/C21H24O10/c22-9-16-18(27)19(28)20(29)21(31-16)30-15-8-12(24)7-14(26)17(15)13(25)6-3-10-1-4-11(23)5-2-10/h1-2,4-5,7-8,16,18-24,26-29H,3,6,9H2/t16-,18+,19-,20+,21+/m0/s1. The average Bonchev–Trinajstić information content (AvgIpc) is 2.73. The molecule has 2 aromatic rings. The Balaban J connectivity index is 1.82. The third-order valence-corrected chi connectivity index (χ3v) is 5.01. The van der Waals surface area contributed by atoms with E-state index in [1.807, 2.05) is 0 Å². The fourth-order valence-corrected chi connectivity index (χ4v) is 3.30. The third kappa shape index (κ3) is 5.06. The van der Waals surface area contributed by atoms with E-state index in [4.69, 9.17) is 9.47 Å². The molecule has 31 heavy (non-hydrogen) atoms. The second-order valence-electron chi connectivity index (χ2n) is 7.24. The topological polar surface area (TPSA) is 177 Å². The highest BCUT2D eigenvalue weighted by Gasteiger charge is 2.45. The minimum Gasteiger partial charge on any atom is -0.508 e. The number of aryl methyl sites for hydroxylation is 1. The SMILES string of the molecule is O=C(CCc1ccc(O)cc1)c1c(O)cc(O)cc1O[C@@H]1O[C@@H](CO)[C@@H](O)[C@H](O)[C@H]1O. The zero-order valence-electron chi connectivity index (χ0n) is 16.3. The molecule has 10 nitrogen and oxygen atoms in total. The summed E-state index contributed by atoms with van der Waals surface area (Å²) in [6.45, 7) is -0.672. The van der Waals surface area contributed by atoms with Crippen LogP contribution in [0.2, 0.25) is 0 Å². The van der Waals surface area contributed by atoms with Crippen LogP contribution >= 0.6 is 0 Å². The summed E-state index contributed by atoms with van der Waals surface area (Å²) in [5.41, 5.74) is 0.495. The highest BCUT2D eigenvalue weighted by molar-refractivity contribution is 6.01. The zero-order valence-corrected chi connectivity index (χ0v) is 16.3. The molecule has 0 aliphatic carbocycles. The third-order valence-electron chi connectivity index (χ3n) is 5.01. The van der Waals surface area contributed by atoms with E-state index in [1.165, 1.54) is 12.1 Å². The Morgan fingerprint density at radius 3 is 2.26 bits per heavy atom. The number of Topliss-reactive ketones (excluding diaryl/α,β-unsaturated/α-hetero) is 1. The predicted molar refractivity (Wildman–Crippen MR) is 105 cm³/mol. The summed E-state index contributed by atoms with van der Waals surface area (Å²) in [5.74, 6) is -1.74. The molecule has 1 aliphatic heterocycles. The van der Waals surface area contributed by atoms with Crippen molar-refractivity contribution in [2.75, 3.05) is 6.61 Å². The van der Waals surface area contributed by atoms with E-state index in [9.17, 15) is 40.5 Å². The fourth-order valence-electron chi connectivity index (χ4n) is 3.30. The molecule has 1 fully saturated rings. The normalized spacial score (nSPS) is 25.9. The summed E-state index contributed by atoms with van der Waals surface area (Å²) < 4.78 is 10.7. The summed E-state index contributed by atoms with van der Waals surface area (Å²) in [6.07, 6.45) is -7.61. The highest BCUT2D eigenvalue weighted by atomic mass is 16.7. The number of aliphatic hydroxyl groups is 4. The van der Waals surface area contributed by atoms with E-state index < -0.39 is 54.6 Å². The van der Waals surface area contributed by atoms with Gasteiger partial charge in [-0.2, -0.15) is 0 Å². The molecule has 0 aromatic heterocycles. The van der Waals surface area contributed by atoms with Crippen molar-refractivity contribution < 1.29 is 50.0 Å². The number of hydrogen-bond acceptors (Lipinski definition) is 10. The first-order valence-electron chi connectivity index (χ1n) is 9.55. The Labute approximate surface area is 177 Å². The van der Waals surface area contributed by atoms with Gasteiger partial charge in [0.15, 0.2) is 5.78 Å². The van der Waals surface area contributed by atoms with Crippen LogP contribution < -0.4 is 4.74 Å². The van der Waals surface area contributed by atoms with Gasteiger partial charge in [-0.25, -0.2) is 0 Å². The van der Waals surface area contributed by atoms with Crippen LogP contribution in [0, 0.1) is 0 Å². The molecule has 5 atom stereocenters. The van der Waals surface area contributed by atoms with Crippen molar-refractivity contribution in [3.63, 3.8) is 0 Å². The smallest absolute Gasteiger partial charge is 0.229 e. The van der Waals surface area contributed by atoms with Gasteiger partial charge in [-0.05, 0) is 24.1 Å². The summed E-state index contributed by atoms with van der Waals surface area (Å²) in [5, 5.41) is 68.6. The van der Waals surface area contributed by atoms with Crippen LogP contribution in [0.5, 0.6) is 23.0 Å². The number of benzene rings is 2.